The summed E-state index contributed by atoms with van der Waals surface area (Å²) in [6.45, 7) is 1.69. The summed E-state index contributed by atoms with van der Waals surface area (Å²) in [5.74, 6) is 0.345. The van der Waals surface area contributed by atoms with Crippen molar-refractivity contribution in [2.75, 3.05) is 6.67 Å². The Morgan fingerprint density at radius 1 is 1.75 bits per heavy atom. The minimum absolute atomic E-state index is 0.255. The van der Waals surface area contributed by atoms with Gasteiger partial charge in [0.05, 0.1) is 6.67 Å². The molecule has 0 radical (unpaired) electrons. The van der Waals surface area contributed by atoms with E-state index in [0.29, 0.717) is 18.8 Å². The van der Waals surface area contributed by atoms with Gasteiger partial charge < -0.3 is 5.41 Å². The third kappa shape index (κ3) is 3.78. The van der Waals surface area contributed by atoms with E-state index in [2.05, 4.69) is 0 Å². The number of halogens is 1. The van der Waals surface area contributed by atoms with E-state index in [1.165, 1.54) is 6.21 Å². The normalized spacial score (nSPS) is 13.2. The molecule has 1 unspecified atom stereocenters. The Hall–Kier alpha value is -0.400. The predicted molar refractivity (Wildman–Crippen MR) is 33.2 cm³/mol. The smallest absolute Gasteiger partial charge is 0.0897 e. The van der Waals surface area contributed by atoms with Gasteiger partial charge >= 0.3 is 0 Å². The van der Waals surface area contributed by atoms with Gasteiger partial charge in [0, 0.05) is 0 Å². The zero-order valence-corrected chi connectivity index (χ0v) is 5.15. The van der Waals surface area contributed by atoms with E-state index in [9.17, 15) is 4.39 Å². The maximum Gasteiger partial charge on any atom is 0.0897 e. The topological polar surface area (TPSA) is 23.9 Å². The molecule has 0 heterocycles. The SMILES string of the molecule is CC(CC=N)CCF. The van der Waals surface area contributed by atoms with Crippen LogP contribution < -0.4 is 0 Å². The van der Waals surface area contributed by atoms with Crippen LogP contribution in [0.3, 0.4) is 0 Å². The van der Waals surface area contributed by atoms with Gasteiger partial charge in [-0.25, -0.2) is 0 Å². The zero-order valence-electron chi connectivity index (χ0n) is 5.15. The first-order chi connectivity index (χ1) is 3.81. The predicted octanol–water partition coefficient (Wildman–Crippen LogP) is 2.02. The van der Waals surface area contributed by atoms with E-state index in [0.717, 1.165) is 0 Å². The highest BCUT2D eigenvalue weighted by atomic mass is 19.1. The summed E-state index contributed by atoms with van der Waals surface area (Å²) in [5.41, 5.74) is 0. The van der Waals surface area contributed by atoms with E-state index in [1.807, 2.05) is 6.92 Å². The maximum atomic E-state index is 11.5. The third-order valence-electron chi connectivity index (χ3n) is 1.12. The van der Waals surface area contributed by atoms with Crippen LogP contribution in [0.15, 0.2) is 0 Å². The van der Waals surface area contributed by atoms with Crippen LogP contribution in [-0.4, -0.2) is 12.9 Å². The molecular weight excluding hydrogens is 105 g/mol. The molecule has 0 aromatic heterocycles. The lowest BCUT2D eigenvalue weighted by Gasteiger charge is -2.01. The number of hydrogen-bond donors (Lipinski definition) is 1. The van der Waals surface area contributed by atoms with Crippen molar-refractivity contribution in [2.45, 2.75) is 19.8 Å². The van der Waals surface area contributed by atoms with Crippen LogP contribution in [0.5, 0.6) is 0 Å². The summed E-state index contributed by atoms with van der Waals surface area (Å²) >= 11 is 0. The Kier molecular flexibility index (Phi) is 4.51. The molecule has 0 aromatic rings. The van der Waals surface area contributed by atoms with Crippen LogP contribution in [0.2, 0.25) is 0 Å². The van der Waals surface area contributed by atoms with Gasteiger partial charge in [0.1, 0.15) is 0 Å². The quantitative estimate of drug-likeness (QED) is 0.545. The number of hydrogen-bond acceptors (Lipinski definition) is 1. The van der Waals surface area contributed by atoms with Gasteiger partial charge in [0.25, 0.3) is 0 Å². The first-order valence-electron chi connectivity index (χ1n) is 2.86. The van der Waals surface area contributed by atoms with Crippen LogP contribution in [0, 0.1) is 11.3 Å². The van der Waals surface area contributed by atoms with Crippen LogP contribution in [0.4, 0.5) is 4.39 Å². The molecule has 0 rings (SSSR count). The van der Waals surface area contributed by atoms with Gasteiger partial charge in [0.2, 0.25) is 0 Å². The van der Waals surface area contributed by atoms with Crippen LogP contribution in [0.1, 0.15) is 19.8 Å². The highest BCUT2D eigenvalue weighted by Crippen LogP contribution is 2.04. The monoisotopic (exact) mass is 117 g/mol. The van der Waals surface area contributed by atoms with E-state index in [1.54, 1.807) is 0 Å². The van der Waals surface area contributed by atoms with Crippen LogP contribution in [-0.2, 0) is 0 Å². The van der Waals surface area contributed by atoms with Crippen molar-refractivity contribution >= 4 is 6.21 Å². The average Bonchev–Trinajstić information content (AvgIpc) is 1.68. The Balaban J connectivity index is 3.03. The van der Waals surface area contributed by atoms with Crippen molar-refractivity contribution in [2.24, 2.45) is 5.92 Å². The average molecular weight is 117 g/mol. The van der Waals surface area contributed by atoms with Gasteiger partial charge in [-0.1, -0.05) is 6.92 Å². The zero-order chi connectivity index (χ0) is 6.41. The molecule has 1 nitrogen and oxygen atoms in total. The lowest BCUT2D eigenvalue weighted by molar-refractivity contribution is 0.411. The van der Waals surface area contributed by atoms with E-state index < -0.39 is 0 Å². The minimum atomic E-state index is -0.255. The molecule has 0 aliphatic heterocycles. The molecule has 0 aliphatic rings. The van der Waals surface area contributed by atoms with Crippen molar-refractivity contribution in [3.63, 3.8) is 0 Å². The van der Waals surface area contributed by atoms with Crippen molar-refractivity contribution in [1.82, 2.24) is 0 Å². The molecule has 0 spiro atoms. The van der Waals surface area contributed by atoms with E-state index >= 15 is 0 Å². The highest BCUT2D eigenvalue weighted by molar-refractivity contribution is 5.53. The summed E-state index contributed by atoms with van der Waals surface area (Å²) < 4.78 is 11.5. The van der Waals surface area contributed by atoms with Gasteiger partial charge in [-0.05, 0) is 25.0 Å². The number of rotatable bonds is 4. The number of alkyl halides is 1. The molecule has 0 saturated heterocycles. The summed E-state index contributed by atoms with van der Waals surface area (Å²) in [6, 6.07) is 0. The van der Waals surface area contributed by atoms with Crippen molar-refractivity contribution in [3.8, 4) is 0 Å². The fourth-order valence-corrected chi connectivity index (χ4v) is 0.505. The molecule has 0 aromatic carbocycles. The first-order valence-corrected chi connectivity index (χ1v) is 2.86. The molecule has 0 aliphatic carbocycles. The second kappa shape index (κ2) is 4.75. The molecule has 1 N–H and O–H groups in total. The summed E-state index contributed by atoms with van der Waals surface area (Å²) in [4.78, 5) is 0. The molecule has 0 amide bonds. The fraction of sp³-hybridized carbons (Fsp3) is 0.833. The summed E-state index contributed by atoms with van der Waals surface area (Å²) in [7, 11) is 0. The minimum Gasteiger partial charge on any atom is -0.313 e. The van der Waals surface area contributed by atoms with Gasteiger partial charge in [-0.2, -0.15) is 0 Å². The van der Waals surface area contributed by atoms with Crippen LogP contribution in [0.25, 0.3) is 0 Å². The molecule has 1 atom stereocenters. The summed E-state index contributed by atoms with van der Waals surface area (Å²) in [5, 5.41) is 6.66. The molecule has 2 heteroatoms. The lowest BCUT2D eigenvalue weighted by Crippen LogP contribution is -1.95. The Morgan fingerprint density at radius 2 is 2.38 bits per heavy atom. The Labute approximate surface area is 49.4 Å². The second-order valence-corrected chi connectivity index (χ2v) is 2.02. The second-order valence-electron chi connectivity index (χ2n) is 2.02. The molecule has 0 fully saturated rings. The largest absolute Gasteiger partial charge is 0.313 e. The number of nitrogens with one attached hydrogen (secondary N) is 1. The maximum absolute atomic E-state index is 11.5. The highest BCUT2D eigenvalue weighted by Gasteiger charge is 1.96. The summed E-state index contributed by atoms with van der Waals surface area (Å²) in [6.07, 6.45) is 2.64. The Bertz CT molecular complexity index is 63.5. The molecule has 0 bridgehead atoms. The standard InChI is InChI=1S/C6H12FN/c1-6(2-4-7)3-5-8/h5-6,8H,2-4H2,1H3. The van der Waals surface area contributed by atoms with Crippen LogP contribution >= 0.6 is 0 Å². The first kappa shape index (κ1) is 7.60. The van der Waals surface area contributed by atoms with Gasteiger partial charge in [0.15, 0.2) is 0 Å². The van der Waals surface area contributed by atoms with Crippen molar-refractivity contribution < 1.29 is 4.39 Å². The molecule has 8 heavy (non-hydrogen) atoms. The van der Waals surface area contributed by atoms with E-state index in [-0.39, 0.29) is 6.67 Å². The Morgan fingerprint density at radius 3 is 2.75 bits per heavy atom. The van der Waals surface area contributed by atoms with Gasteiger partial charge in [-0.15, -0.1) is 0 Å². The van der Waals surface area contributed by atoms with E-state index in [4.69, 9.17) is 5.41 Å². The van der Waals surface area contributed by atoms with Gasteiger partial charge in [-0.3, -0.25) is 4.39 Å². The van der Waals surface area contributed by atoms with Crippen molar-refractivity contribution in [1.29, 1.82) is 5.41 Å². The molecule has 48 valence electrons. The molecule has 0 saturated carbocycles. The van der Waals surface area contributed by atoms with Crippen molar-refractivity contribution in [3.05, 3.63) is 0 Å². The molecular formula is C6H12FN. The fourth-order valence-electron chi connectivity index (χ4n) is 0.505. The third-order valence-corrected chi connectivity index (χ3v) is 1.12. The lowest BCUT2D eigenvalue weighted by atomic mass is 10.1.